The third kappa shape index (κ3) is 4.48. The van der Waals surface area contributed by atoms with E-state index in [9.17, 15) is 0 Å². The normalized spacial score (nSPS) is 13.0. The molecule has 0 heterocycles. The molecule has 0 aliphatic heterocycles. The first kappa shape index (κ1) is 10.1. The molecular weight excluding hydrogens is 136 g/mol. The third-order valence-corrected chi connectivity index (χ3v) is 1.20. The van der Waals surface area contributed by atoms with Crippen molar-refractivity contribution < 1.29 is 0 Å². The van der Waals surface area contributed by atoms with Gasteiger partial charge in [0.2, 0.25) is 0 Å². The first-order chi connectivity index (χ1) is 5.07. The Morgan fingerprint density at radius 2 is 2.00 bits per heavy atom. The van der Waals surface area contributed by atoms with Gasteiger partial charge in [0, 0.05) is 7.05 Å². The highest BCUT2D eigenvalue weighted by Crippen LogP contribution is 2.13. The quantitative estimate of drug-likeness (QED) is 0.438. The summed E-state index contributed by atoms with van der Waals surface area (Å²) in [5, 5.41) is 7.72. The monoisotopic (exact) mass is 152 g/mol. The van der Waals surface area contributed by atoms with Crippen LogP contribution in [-0.2, 0) is 0 Å². The van der Waals surface area contributed by atoms with Crippen molar-refractivity contribution in [2.24, 2.45) is 16.1 Å². The van der Waals surface area contributed by atoms with Gasteiger partial charge in [-0.3, -0.25) is 0 Å². The van der Waals surface area contributed by atoms with Crippen LogP contribution >= 0.6 is 0 Å². The number of azo groups is 1. The van der Waals surface area contributed by atoms with Crippen LogP contribution in [0.2, 0.25) is 0 Å². The van der Waals surface area contributed by atoms with Gasteiger partial charge >= 0.3 is 0 Å². The van der Waals surface area contributed by atoms with Crippen LogP contribution in [0.5, 0.6) is 0 Å². The van der Waals surface area contributed by atoms with Gasteiger partial charge in [0.05, 0.1) is 5.70 Å². The van der Waals surface area contributed by atoms with Crippen LogP contribution in [0.4, 0.5) is 0 Å². The maximum absolute atomic E-state index is 3.99. The molecule has 0 aliphatic rings. The van der Waals surface area contributed by atoms with E-state index < -0.39 is 0 Å². The third-order valence-electron chi connectivity index (χ3n) is 1.20. The Morgan fingerprint density at radius 1 is 1.45 bits per heavy atom. The Kier molecular flexibility index (Phi) is 4.42. The van der Waals surface area contributed by atoms with E-state index in [0.29, 0.717) is 5.92 Å². The fourth-order valence-electron chi connectivity index (χ4n) is 0.679. The first-order valence-corrected chi connectivity index (χ1v) is 3.75. The summed E-state index contributed by atoms with van der Waals surface area (Å²) in [4.78, 5) is 0. The first-order valence-electron chi connectivity index (χ1n) is 3.75. The van der Waals surface area contributed by atoms with E-state index in [0.717, 1.165) is 11.3 Å². The average Bonchev–Trinajstić information content (AvgIpc) is 1.86. The molecule has 0 rings (SSSR count). The van der Waals surface area contributed by atoms with Crippen LogP contribution in [0.15, 0.2) is 34.2 Å². The van der Waals surface area contributed by atoms with E-state index >= 15 is 0 Å². The van der Waals surface area contributed by atoms with Crippen molar-refractivity contribution >= 4 is 0 Å². The van der Waals surface area contributed by atoms with Crippen molar-refractivity contribution in [2.45, 2.75) is 20.8 Å². The number of hydrogen-bond donors (Lipinski definition) is 0. The molecule has 0 unspecified atom stereocenters. The highest BCUT2D eigenvalue weighted by Gasteiger charge is 1.99. The lowest BCUT2D eigenvalue weighted by atomic mass is 10.1. The SMILES string of the molecule is C=C(C)/C=C(\N=NC)C(C)C. The van der Waals surface area contributed by atoms with Crippen LogP contribution in [-0.4, -0.2) is 7.05 Å². The Labute approximate surface area is 68.7 Å². The Bertz CT molecular complexity index is 188. The summed E-state index contributed by atoms with van der Waals surface area (Å²) < 4.78 is 0. The van der Waals surface area contributed by atoms with Crippen LogP contribution in [0.25, 0.3) is 0 Å². The van der Waals surface area contributed by atoms with Gasteiger partial charge in [-0.15, -0.1) is 0 Å². The van der Waals surface area contributed by atoms with Crippen molar-refractivity contribution in [1.29, 1.82) is 0 Å². The highest BCUT2D eigenvalue weighted by molar-refractivity contribution is 5.18. The fourth-order valence-corrected chi connectivity index (χ4v) is 0.679. The van der Waals surface area contributed by atoms with Crippen LogP contribution in [0, 0.1) is 5.92 Å². The van der Waals surface area contributed by atoms with E-state index in [-0.39, 0.29) is 0 Å². The van der Waals surface area contributed by atoms with Gasteiger partial charge in [0.1, 0.15) is 0 Å². The molecule has 0 bridgehead atoms. The Hall–Kier alpha value is -0.920. The number of hydrogen-bond acceptors (Lipinski definition) is 2. The predicted molar refractivity (Wildman–Crippen MR) is 48.5 cm³/mol. The smallest absolute Gasteiger partial charge is 0.0653 e. The molecule has 0 aromatic rings. The predicted octanol–water partition coefficient (Wildman–Crippen LogP) is 3.18. The maximum Gasteiger partial charge on any atom is 0.0653 e. The summed E-state index contributed by atoms with van der Waals surface area (Å²) >= 11 is 0. The van der Waals surface area contributed by atoms with Gasteiger partial charge in [0.25, 0.3) is 0 Å². The second-order valence-corrected chi connectivity index (χ2v) is 2.87. The minimum atomic E-state index is 0.412. The number of allylic oxidation sites excluding steroid dienone is 3. The summed E-state index contributed by atoms with van der Waals surface area (Å²) in [7, 11) is 1.68. The second-order valence-electron chi connectivity index (χ2n) is 2.87. The lowest BCUT2D eigenvalue weighted by Crippen LogP contribution is -1.90. The van der Waals surface area contributed by atoms with E-state index in [1.807, 2.05) is 13.0 Å². The maximum atomic E-state index is 3.99. The molecule has 2 heteroatoms. The molecular formula is C9H16N2. The van der Waals surface area contributed by atoms with Gasteiger partial charge in [-0.2, -0.15) is 10.2 Å². The average molecular weight is 152 g/mol. The molecule has 0 fully saturated rings. The summed E-state index contributed by atoms with van der Waals surface area (Å²) in [6.07, 6.45) is 1.96. The Morgan fingerprint density at radius 3 is 2.27 bits per heavy atom. The van der Waals surface area contributed by atoms with Crippen molar-refractivity contribution in [3.8, 4) is 0 Å². The van der Waals surface area contributed by atoms with Crippen molar-refractivity contribution in [3.05, 3.63) is 23.9 Å². The van der Waals surface area contributed by atoms with Gasteiger partial charge < -0.3 is 0 Å². The molecule has 11 heavy (non-hydrogen) atoms. The molecule has 0 amide bonds. The summed E-state index contributed by atoms with van der Waals surface area (Å²) in [6.45, 7) is 9.91. The fraction of sp³-hybridized carbons (Fsp3) is 0.556. The lowest BCUT2D eigenvalue weighted by molar-refractivity contribution is 0.737. The number of rotatable bonds is 3. The van der Waals surface area contributed by atoms with Crippen molar-refractivity contribution in [3.63, 3.8) is 0 Å². The largest absolute Gasteiger partial charge is 0.192 e. The zero-order chi connectivity index (χ0) is 8.85. The van der Waals surface area contributed by atoms with Crippen LogP contribution in [0.3, 0.4) is 0 Å². The van der Waals surface area contributed by atoms with Gasteiger partial charge in [-0.25, -0.2) is 0 Å². The molecule has 0 aliphatic carbocycles. The van der Waals surface area contributed by atoms with E-state index in [4.69, 9.17) is 0 Å². The van der Waals surface area contributed by atoms with E-state index in [1.165, 1.54) is 0 Å². The van der Waals surface area contributed by atoms with Crippen molar-refractivity contribution in [1.82, 2.24) is 0 Å². The van der Waals surface area contributed by atoms with Crippen LogP contribution < -0.4 is 0 Å². The Balaban J connectivity index is 4.46. The molecule has 0 saturated carbocycles. The van der Waals surface area contributed by atoms with Gasteiger partial charge in [-0.05, 0) is 18.9 Å². The molecule has 0 saturated heterocycles. The molecule has 0 spiro atoms. The molecule has 2 nitrogen and oxygen atoms in total. The number of nitrogens with zero attached hydrogens (tertiary/aromatic N) is 2. The topological polar surface area (TPSA) is 24.7 Å². The molecule has 0 radical (unpaired) electrons. The molecule has 62 valence electrons. The van der Waals surface area contributed by atoms with E-state index in [1.54, 1.807) is 7.05 Å². The minimum absolute atomic E-state index is 0.412. The van der Waals surface area contributed by atoms with Gasteiger partial charge in [-0.1, -0.05) is 26.0 Å². The molecule has 0 aromatic heterocycles. The molecule has 0 N–H and O–H groups in total. The zero-order valence-corrected chi connectivity index (χ0v) is 7.76. The molecule has 0 atom stereocenters. The summed E-state index contributed by atoms with van der Waals surface area (Å²) in [5.74, 6) is 0.412. The second kappa shape index (κ2) is 4.83. The van der Waals surface area contributed by atoms with Gasteiger partial charge in [0.15, 0.2) is 0 Å². The molecule has 0 aromatic carbocycles. The van der Waals surface area contributed by atoms with E-state index in [2.05, 4.69) is 30.7 Å². The summed E-state index contributed by atoms with van der Waals surface area (Å²) in [5.41, 5.74) is 2.00. The zero-order valence-electron chi connectivity index (χ0n) is 7.76. The van der Waals surface area contributed by atoms with Crippen LogP contribution in [0.1, 0.15) is 20.8 Å². The van der Waals surface area contributed by atoms with Crippen molar-refractivity contribution in [2.75, 3.05) is 7.05 Å². The standard InChI is InChI=1S/C9H16N2/c1-7(2)6-9(8(3)4)11-10-5/h6,8H,1H2,2-5H3/b9-6-,11-10?. The summed E-state index contributed by atoms with van der Waals surface area (Å²) in [6, 6.07) is 0. The highest BCUT2D eigenvalue weighted by atomic mass is 15.1. The minimum Gasteiger partial charge on any atom is -0.192 e. The lowest BCUT2D eigenvalue weighted by Gasteiger charge is -2.02.